The van der Waals surface area contributed by atoms with Gasteiger partial charge in [0, 0.05) is 18.0 Å². The van der Waals surface area contributed by atoms with E-state index in [-0.39, 0.29) is 0 Å². The maximum absolute atomic E-state index is 4.03. The molecule has 3 heteroatoms. The molecular formula is C6H7N3. The van der Waals surface area contributed by atoms with Crippen molar-refractivity contribution in [3.05, 3.63) is 18.0 Å². The number of aromatic amines is 1. The van der Waals surface area contributed by atoms with E-state index >= 15 is 0 Å². The summed E-state index contributed by atoms with van der Waals surface area (Å²) in [5.41, 5.74) is 2.38. The highest BCUT2D eigenvalue weighted by atomic mass is 15.0. The molecule has 1 aromatic rings. The number of hydrogen-bond acceptors (Lipinski definition) is 2. The van der Waals surface area contributed by atoms with Crippen LogP contribution in [0.2, 0.25) is 0 Å². The monoisotopic (exact) mass is 121 g/mol. The summed E-state index contributed by atoms with van der Waals surface area (Å²) in [6.07, 6.45) is 5.61. The Hall–Kier alpha value is -1.25. The second-order valence-electron chi connectivity index (χ2n) is 2.01. The molecule has 1 aliphatic rings. The third-order valence-corrected chi connectivity index (χ3v) is 1.40. The van der Waals surface area contributed by atoms with E-state index in [0.717, 1.165) is 12.2 Å². The number of fused-ring (bicyclic) bond motifs is 1. The summed E-state index contributed by atoms with van der Waals surface area (Å²) in [6, 6.07) is 0. The first-order valence-electron chi connectivity index (χ1n) is 2.87. The van der Waals surface area contributed by atoms with E-state index in [1.54, 1.807) is 6.34 Å². The maximum atomic E-state index is 4.03. The van der Waals surface area contributed by atoms with E-state index in [9.17, 15) is 0 Å². The van der Waals surface area contributed by atoms with Gasteiger partial charge in [-0.05, 0) is 0 Å². The van der Waals surface area contributed by atoms with Crippen LogP contribution in [-0.2, 0) is 6.54 Å². The zero-order valence-corrected chi connectivity index (χ0v) is 4.89. The molecule has 0 bridgehead atoms. The third kappa shape index (κ3) is 0.614. The average molecular weight is 121 g/mol. The van der Waals surface area contributed by atoms with Gasteiger partial charge in [0.05, 0.1) is 18.6 Å². The summed E-state index contributed by atoms with van der Waals surface area (Å²) in [6.45, 7) is 0.797. The molecular weight excluding hydrogens is 114 g/mol. The molecule has 0 saturated heterocycles. The minimum atomic E-state index is 0.797. The molecule has 0 unspecified atom stereocenters. The number of nitrogens with one attached hydrogen (secondary N) is 2. The molecule has 0 aliphatic carbocycles. The highest BCUT2D eigenvalue weighted by molar-refractivity contribution is 5.79. The lowest BCUT2D eigenvalue weighted by molar-refractivity contribution is 1.07. The first kappa shape index (κ1) is 4.61. The minimum absolute atomic E-state index is 0.797. The molecule has 2 rings (SSSR count). The van der Waals surface area contributed by atoms with Crippen LogP contribution in [0.1, 0.15) is 5.56 Å². The zero-order chi connectivity index (χ0) is 6.10. The van der Waals surface area contributed by atoms with E-state index in [1.165, 1.54) is 5.56 Å². The Bertz CT molecular complexity index is 214. The highest BCUT2D eigenvalue weighted by Gasteiger charge is 2.02. The number of aliphatic imine (C=N–C) groups is 1. The van der Waals surface area contributed by atoms with Gasteiger partial charge in [0.2, 0.25) is 0 Å². The lowest BCUT2D eigenvalue weighted by Crippen LogP contribution is -2.01. The van der Waals surface area contributed by atoms with Crippen molar-refractivity contribution in [3.63, 3.8) is 0 Å². The fourth-order valence-corrected chi connectivity index (χ4v) is 0.920. The number of nitrogens with zero attached hydrogens (tertiary/aromatic N) is 1. The van der Waals surface area contributed by atoms with Crippen molar-refractivity contribution in [2.24, 2.45) is 4.99 Å². The Balaban J connectivity index is 2.46. The Labute approximate surface area is 52.8 Å². The first-order chi connectivity index (χ1) is 4.47. The molecule has 0 radical (unpaired) electrons. The normalized spacial score (nSPS) is 14.7. The van der Waals surface area contributed by atoms with Gasteiger partial charge in [-0.1, -0.05) is 0 Å². The van der Waals surface area contributed by atoms with Gasteiger partial charge in [0.1, 0.15) is 0 Å². The predicted molar refractivity (Wildman–Crippen MR) is 36.6 cm³/mol. The van der Waals surface area contributed by atoms with Crippen molar-refractivity contribution in [2.75, 3.05) is 5.32 Å². The van der Waals surface area contributed by atoms with Crippen LogP contribution in [0.25, 0.3) is 0 Å². The molecule has 2 heterocycles. The first-order valence-corrected chi connectivity index (χ1v) is 2.87. The van der Waals surface area contributed by atoms with Crippen molar-refractivity contribution >= 4 is 12.0 Å². The molecule has 0 amide bonds. The molecule has 0 saturated carbocycles. The van der Waals surface area contributed by atoms with Crippen LogP contribution < -0.4 is 5.32 Å². The third-order valence-electron chi connectivity index (χ3n) is 1.40. The number of anilines is 1. The Morgan fingerprint density at radius 2 is 2.44 bits per heavy atom. The fraction of sp³-hybridized carbons (Fsp3) is 0.167. The van der Waals surface area contributed by atoms with Gasteiger partial charge in [-0.3, -0.25) is 4.99 Å². The SMILES string of the molecule is C1=NCc2c[nH]cc2N1. The molecule has 1 aromatic heterocycles. The summed E-state index contributed by atoms with van der Waals surface area (Å²) >= 11 is 0. The van der Waals surface area contributed by atoms with E-state index < -0.39 is 0 Å². The van der Waals surface area contributed by atoms with Crippen molar-refractivity contribution in [1.82, 2.24) is 4.98 Å². The minimum Gasteiger partial charge on any atom is -0.365 e. The zero-order valence-electron chi connectivity index (χ0n) is 4.89. The smallest absolute Gasteiger partial charge is 0.0872 e. The second kappa shape index (κ2) is 1.62. The van der Waals surface area contributed by atoms with E-state index in [2.05, 4.69) is 15.3 Å². The molecule has 46 valence electrons. The largest absolute Gasteiger partial charge is 0.365 e. The molecule has 0 atom stereocenters. The fourth-order valence-electron chi connectivity index (χ4n) is 0.920. The predicted octanol–water partition coefficient (Wildman–Crippen LogP) is 0.968. The highest BCUT2D eigenvalue weighted by Crippen LogP contribution is 2.16. The van der Waals surface area contributed by atoms with Gasteiger partial charge in [0.25, 0.3) is 0 Å². The standard InChI is InChI=1S/C6H7N3/c1-5-2-8-4-9-6(5)3-7-1/h1,3-4,7H,2H2,(H,8,9). The summed E-state index contributed by atoms with van der Waals surface area (Å²) in [5, 5.41) is 3.02. The van der Waals surface area contributed by atoms with Crippen LogP contribution in [0.3, 0.4) is 0 Å². The van der Waals surface area contributed by atoms with Crippen LogP contribution in [0, 0.1) is 0 Å². The molecule has 2 N–H and O–H groups in total. The topological polar surface area (TPSA) is 40.2 Å². The molecule has 9 heavy (non-hydrogen) atoms. The van der Waals surface area contributed by atoms with Crippen molar-refractivity contribution < 1.29 is 0 Å². The molecule has 0 fully saturated rings. The quantitative estimate of drug-likeness (QED) is 0.527. The Morgan fingerprint density at radius 1 is 1.44 bits per heavy atom. The van der Waals surface area contributed by atoms with Gasteiger partial charge >= 0.3 is 0 Å². The second-order valence-corrected chi connectivity index (χ2v) is 2.01. The van der Waals surface area contributed by atoms with Gasteiger partial charge in [-0.2, -0.15) is 0 Å². The van der Waals surface area contributed by atoms with Gasteiger partial charge in [0.15, 0.2) is 0 Å². The molecule has 1 aliphatic heterocycles. The van der Waals surface area contributed by atoms with Crippen LogP contribution in [0.4, 0.5) is 5.69 Å². The number of rotatable bonds is 0. The summed E-state index contributed by atoms with van der Waals surface area (Å²) in [5.74, 6) is 0. The number of hydrogen-bond donors (Lipinski definition) is 2. The van der Waals surface area contributed by atoms with Crippen LogP contribution in [0.5, 0.6) is 0 Å². The van der Waals surface area contributed by atoms with Gasteiger partial charge < -0.3 is 10.3 Å². The lowest BCUT2D eigenvalue weighted by Gasteiger charge is -2.04. The van der Waals surface area contributed by atoms with E-state index in [1.807, 2.05) is 12.4 Å². The summed E-state index contributed by atoms with van der Waals surface area (Å²) < 4.78 is 0. The number of aromatic nitrogens is 1. The summed E-state index contributed by atoms with van der Waals surface area (Å²) in [7, 11) is 0. The maximum Gasteiger partial charge on any atom is 0.0872 e. The van der Waals surface area contributed by atoms with Crippen LogP contribution in [-0.4, -0.2) is 11.3 Å². The van der Waals surface area contributed by atoms with Crippen molar-refractivity contribution in [3.8, 4) is 0 Å². The average Bonchev–Trinajstić information content (AvgIpc) is 2.33. The number of H-pyrrole nitrogens is 1. The van der Waals surface area contributed by atoms with E-state index in [0.29, 0.717) is 0 Å². The molecule has 0 aromatic carbocycles. The Kier molecular flexibility index (Phi) is 0.828. The summed E-state index contributed by atoms with van der Waals surface area (Å²) in [4.78, 5) is 7.03. The van der Waals surface area contributed by atoms with Crippen molar-refractivity contribution in [2.45, 2.75) is 6.54 Å². The molecule has 3 nitrogen and oxygen atoms in total. The molecule has 0 spiro atoms. The Morgan fingerprint density at radius 3 is 3.33 bits per heavy atom. The van der Waals surface area contributed by atoms with Crippen LogP contribution in [0.15, 0.2) is 17.4 Å². The van der Waals surface area contributed by atoms with Crippen molar-refractivity contribution in [1.29, 1.82) is 0 Å². The van der Waals surface area contributed by atoms with Crippen LogP contribution >= 0.6 is 0 Å². The lowest BCUT2D eigenvalue weighted by atomic mass is 10.3. The van der Waals surface area contributed by atoms with E-state index in [4.69, 9.17) is 0 Å². The van der Waals surface area contributed by atoms with Gasteiger partial charge in [-0.25, -0.2) is 0 Å². The van der Waals surface area contributed by atoms with Gasteiger partial charge in [-0.15, -0.1) is 0 Å².